The summed E-state index contributed by atoms with van der Waals surface area (Å²) in [5.41, 5.74) is 0.875. The fourth-order valence-corrected chi connectivity index (χ4v) is 4.36. The zero-order chi connectivity index (χ0) is 17.2. The summed E-state index contributed by atoms with van der Waals surface area (Å²) in [4.78, 5) is 17.3. The van der Waals surface area contributed by atoms with Crippen molar-refractivity contribution in [2.45, 2.75) is 62.8 Å². The van der Waals surface area contributed by atoms with E-state index in [9.17, 15) is 9.90 Å². The van der Waals surface area contributed by atoms with Crippen molar-refractivity contribution < 1.29 is 9.90 Å². The molecular weight excluding hydrogens is 314 g/mol. The van der Waals surface area contributed by atoms with Crippen molar-refractivity contribution in [1.82, 2.24) is 15.1 Å². The fraction of sp³-hybridized carbons (Fsp3) is 0.650. The quantitative estimate of drug-likeness (QED) is 0.864. The summed E-state index contributed by atoms with van der Waals surface area (Å²) in [6.45, 7) is 2.71. The molecule has 2 amide bonds. The minimum absolute atomic E-state index is 0.00827. The molecule has 0 spiro atoms. The van der Waals surface area contributed by atoms with E-state index in [-0.39, 0.29) is 12.1 Å². The molecule has 1 aromatic carbocycles. The third-order valence-electron chi connectivity index (χ3n) is 5.95. The maximum atomic E-state index is 12.8. The first-order valence-electron chi connectivity index (χ1n) is 9.75. The number of hydrogen-bond donors (Lipinski definition) is 2. The molecule has 3 aliphatic rings. The van der Waals surface area contributed by atoms with Gasteiger partial charge in [0, 0.05) is 24.7 Å². The number of amides is 2. The molecule has 5 heteroatoms. The van der Waals surface area contributed by atoms with Crippen LogP contribution in [-0.2, 0) is 0 Å². The molecule has 0 unspecified atom stereocenters. The third kappa shape index (κ3) is 3.98. The van der Waals surface area contributed by atoms with E-state index in [4.69, 9.17) is 0 Å². The molecule has 136 valence electrons. The second kappa shape index (κ2) is 7.34. The smallest absolute Gasteiger partial charge is 0.317 e. The lowest BCUT2D eigenvalue weighted by molar-refractivity contribution is 0.111. The number of aliphatic hydroxyl groups excluding tert-OH is 1. The molecule has 5 nitrogen and oxygen atoms in total. The Balaban J connectivity index is 1.35. The minimum atomic E-state index is -0.621. The van der Waals surface area contributed by atoms with Crippen LogP contribution in [0.4, 0.5) is 4.79 Å². The number of benzene rings is 1. The number of nitrogens with zero attached hydrogens (tertiary/aromatic N) is 2. The number of hydrogen-bond acceptors (Lipinski definition) is 3. The summed E-state index contributed by atoms with van der Waals surface area (Å²) in [6.07, 6.45) is 6.16. The van der Waals surface area contributed by atoms with E-state index in [0.717, 1.165) is 37.8 Å². The molecule has 1 saturated carbocycles. The molecule has 3 atom stereocenters. The molecule has 2 N–H and O–H groups in total. The fourth-order valence-electron chi connectivity index (χ4n) is 4.36. The Kier molecular flexibility index (Phi) is 4.95. The van der Waals surface area contributed by atoms with Gasteiger partial charge in [-0.05, 0) is 50.6 Å². The van der Waals surface area contributed by atoms with E-state index in [1.165, 1.54) is 19.4 Å². The molecule has 0 radical (unpaired) electrons. The Morgan fingerprint density at radius 1 is 1.20 bits per heavy atom. The number of nitrogens with one attached hydrogen (secondary N) is 1. The largest absolute Gasteiger partial charge is 0.387 e. The van der Waals surface area contributed by atoms with Crippen molar-refractivity contribution in [2.24, 2.45) is 0 Å². The van der Waals surface area contributed by atoms with Gasteiger partial charge in [-0.1, -0.05) is 30.3 Å². The Morgan fingerprint density at radius 3 is 2.76 bits per heavy atom. The van der Waals surface area contributed by atoms with Crippen LogP contribution in [0, 0.1) is 0 Å². The normalized spacial score (nSPS) is 27.6. The minimum Gasteiger partial charge on any atom is -0.387 e. The summed E-state index contributed by atoms with van der Waals surface area (Å²) in [6, 6.07) is 10.9. The summed E-state index contributed by atoms with van der Waals surface area (Å²) in [7, 11) is 0. The molecule has 1 aromatic rings. The summed E-state index contributed by atoms with van der Waals surface area (Å²) < 4.78 is 0. The summed E-state index contributed by atoms with van der Waals surface area (Å²) >= 11 is 0. The zero-order valence-electron chi connectivity index (χ0n) is 14.8. The molecule has 0 bridgehead atoms. The number of fused-ring (bicyclic) bond motifs is 1. The van der Waals surface area contributed by atoms with Gasteiger partial charge in [-0.25, -0.2) is 4.79 Å². The molecule has 0 aromatic heterocycles. The number of carbonyl (C=O) groups excluding carboxylic acids is 1. The van der Waals surface area contributed by atoms with Gasteiger partial charge in [0.2, 0.25) is 0 Å². The van der Waals surface area contributed by atoms with Gasteiger partial charge in [0.05, 0.1) is 12.6 Å². The number of rotatable bonds is 5. The highest BCUT2D eigenvalue weighted by atomic mass is 16.3. The molecule has 1 aliphatic carbocycles. The van der Waals surface area contributed by atoms with Gasteiger partial charge in [-0.15, -0.1) is 0 Å². The van der Waals surface area contributed by atoms with Gasteiger partial charge < -0.3 is 20.2 Å². The molecule has 3 fully saturated rings. The second-order valence-electron chi connectivity index (χ2n) is 7.81. The zero-order valence-corrected chi connectivity index (χ0v) is 14.8. The lowest BCUT2D eigenvalue weighted by atomic mass is 9.98. The van der Waals surface area contributed by atoms with Gasteiger partial charge >= 0.3 is 6.03 Å². The van der Waals surface area contributed by atoms with Crippen LogP contribution in [0.25, 0.3) is 0 Å². The van der Waals surface area contributed by atoms with Crippen LogP contribution in [0.1, 0.15) is 50.2 Å². The van der Waals surface area contributed by atoms with Crippen LogP contribution >= 0.6 is 0 Å². The Morgan fingerprint density at radius 2 is 2.00 bits per heavy atom. The highest BCUT2D eigenvalue weighted by Gasteiger charge is 2.37. The van der Waals surface area contributed by atoms with Gasteiger partial charge in [0.15, 0.2) is 0 Å². The van der Waals surface area contributed by atoms with Crippen LogP contribution < -0.4 is 5.32 Å². The summed E-state index contributed by atoms with van der Waals surface area (Å²) in [5, 5.41) is 13.8. The monoisotopic (exact) mass is 343 g/mol. The predicted octanol–water partition coefficient (Wildman–Crippen LogP) is 2.52. The van der Waals surface area contributed by atoms with E-state index in [2.05, 4.69) is 10.2 Å². The van der Waals surface area contributed by atoms with Crippen molar-refractivity contribution in [3.05, 3.63) is 35.9 Å². The molecule has 4 rings (SSSR count). The van der Waals surface area contributed by atoms with E-state index in [1.807, 2.05) is 35.2 Å². The number of aliphatic hydroxyl groups is 1. The van der Waals surface area contributed by atoms with E-state index < -0.39 is 6.10 Å². The Labute approximate surface area is 150 Å². The standard InChI is InChI=1S/C20H29N3O2/c24-19(15-5-2-1-3-6-15)14-23(17-8-9-17)20(25)21-16-10-12-22-11-4-7-18(22)13-16/h1-3,5-6,16-19,24H,4,7-14H2,(H,21,25)/t16-,18-,19-/m1/s1. The molecule has 2 heterocycles. The number of carbonyl (C=O) groups is 1. The van der Waals surface area contributed by atoms with Gasteiger partial charge in [0.1, 0.15) is 0 Å². The van der Waals surface area contributed by atoms with Crippen LogP contribution in [0.15, 0.2) is 30.3 Å². The maximum Gasteiger partial charge on any atom is 0.317 e. The second-order valence-corrected chi connectivity index (χ2v) is 7.81. The predicted molar refractivity (Wildman–Crippen MR) is 97.3 cm³/mol. The third-order valence-corrected chi connectivity index (χ3v) is 5.95. The van der Waals surface area contributed by atoms with E-state index in [1.54, 1.807) is 0 Å². The Bertz CT molecular complexity index is 590. The van der Waals surface area contributed by atoms with Crippen molar-refractivity contribution in [2.75, 3.05) is 19.6 Å². The molecule has 2 saturated heterocycles. The average molecular weight is 343 g/mol. The van der Waals surface area contributed by atoms with Crippen molar-refractivity contribution in [1.29, 1.82) is 0 Å². The Hall–Kier alpha value is -1.59. The van der Waals surface area contributed by atoms with Crippen LogP contribution in [0.3, 0.4) is 0 Å². The van der Waals surface area contributed by atoms with Crippen LogP contribution in [-0.4, -0.2) is 58.7 Å². The van der Waals surface area contributed by atoms with Crippen molar-refractivity contribution >= 4 is 6.03 Å². The van der Waals surface area contributed by atoms with Gasteiger partial charge in [-0.3, -0.25) is 0 Å². The molecular formula is C20H29N3O2. The van der Waals surface area contributed by atoms with E-state index in [0.29, 0.717) is 18.6 Å². The number of urea groups is 1. The number of piperidine rings is 1. The van der Waals surface area contributed by atoms with Gasteiger partial charge in [0.25, 0.3) is 0 Å². The molecule has 2 aliphatic heterocycles. The first-order chi connectivity index (χ1) is 12.2. The highest BCUT2D eigenvalue weighted by Crippen LogP contribution is 2.30. The van der Waals surface area contributed by atoms with Gasteiger partial charge in [-0.2, -0.15) is 0 Å². The SMILES string of the molecule is O=C(N[C@@H]1CCN2CCC[C@@H]2C1)N(C[C@@H](O)c1ccccc1)C1CC1. The van der Waals surface area contributed by atoms with E-state index >= 15 is 0 Å². The average Bonchev–Trinajstić information content (AvgIpc) is 3.37. The lowest BCUT2D eigenvalue weighted by Crippen LogP contribution is -2.52. The first-order valence-corrected chi connectivity index (χ1v) is 9.75. The maximum absolute atomic E-state index is 12.8. The molecule has 25 heavy (non-hydrogen) atoms. The topological polar surface area (TPSA) is 55.8 Å². The lowest BCUT2D eigenvalue weighted by Gasteiger charge is -2.36. The van der Waals surface area contributed by atoms with Crippen LogP contribution in [0.2, 0.25) is 0 Å². The van der Waals surface area contributed by atoms with Crippen molar-refractivity contribution in [3.63, 3.8) is 0 Å². The first kappa shape index (κ1) is 16.9. The summed E-state index contributed by atoms with van der Waals surface area (Å²) in [5.74, 6) is 0. The van der Waals surface area contributed by atoms with Crippen molar-refractivity contribution in [3.8, 4) is 0 Å². The highest BCUT2D eigenvalue weighted by molar-refractivity contribution is 5.75. The van der Waals surface area contributed by atoms with Crippen LogP contribution in [0.5, 0.6) is 0 Å².